The molecule has 6 heteroatoms. The molecule has 0 spiro atoms. The number of aromatic nitrogens is 2. The van der Waals surface area contributed by atoms with E-state index >= 15 is 0 Å². The van der Waals surface area contributed by atoms with Gasteiger partial charge in [-0.05, 0) is 19.1 Å². The highest BCUT2D eigenvalue weighted by Gasteiger charge is 2.16. The fraction of sp³-hybridized carbons (Fsp3) is 0.200. The standard InChI is InChI=1S/C10H11FN4O/c1-2-15(10-14-13-9(12)16-10)8-6-4-3-5-7(8)11/h3-6H,2H2,1H3,(H2,12,13). The number of anilines is 3. The number of nitrogen functional groups attached to an aromatic ring is 1. The van der Waals surface area contributed by atoms with E-state index in [4.69, 9.17) is 10.2 Å². The van der Waals surface area contributed by atoms with Crippen molar-refractivity contribution in [1.82, 2.24) is 10.2 Å². The van der Waals surface area contributed by atoms with Crippen LogP contribution in [0.15, 0.2) is 28.7 Å². The minimum Gasteiger partial charge on any atom is -0.389 e. The van der Waals surface area contributed by atoms with Crippen molar-refractivity contribution >= 4 is 17.7 Å². The summed E-state index contributed by atoms with van der Waals surface area (Å²) in [6.45, 7) is 2.36. The Kier molecular flexibility index (Phi) is 2.72. The van der Waals surface area contributed by atoms with E-state index in [1.54, 1.807) is 23.1 Å². The molecule has 0 atom stereocenters. The number of halogens is 1. The molecule has 1 aromatic heterocycles. The zero-order valence-corrected chi connectivity index (χ0v) is 8.72. The lowest BCUT2D eigenvalue weighted by Crippen LogP contribution is -2.17. The summed E-state index contributed by atoms with van der Waals surface area (Å²) >= 11 is 0. The van der Waals surface area contributed by atoms with Gasteiger partial charge in [0.2, 0.25) is 0 Å². The third kappa shape index (κ3) is 1.81. The summed E-state index contributed by atoms with van der Waals surface area (Å²) in [7, 11) is 0. The molecule has 0 saturated heterocycles. The van der Waals surface area contributed by atoms with Gasteiger partial charge in [0.15, 0.2) is 0 Å². The van der Waals surface area contributed by atoms with E-state index in [0.717, 1.165) is 0 Å². The predicted molar refractivity (Wildman–Crippen MR) is 57.8 cm³/mol. The second kappa shape index (κ2) is 4.18. The Bertz CT molecular complexity index is 485. The highest BCUT2D eigenvalue weighted by molar-refractivity contribution is 5.56. The Morgan fingerprint density at radius 3 is 2.69 bits per heavy atom. The average Bonchev–Trinajstić information content (AvgIpc) is 2.69. The molecule has 1 heterocycles. The largest absolute Gasteiger partial charge is 0.389 e. The van der Waals surface area contributed by atoms with Crippen LogP contribution in [0.1, 0.15) is 6.92 Å². The summed E-state index contributed by atoms with van der Waals surface area (Å²) in [5.74, 6) is -0.346. The van der Waals surface area contributed by atoms with Crippen molar-refractivity contribution in [2.75, 3.05) is 17.2 Å². The molecule has 5 nitrogen and oxygen atoms in total. The summed E-state index contributed by atoms with van der Waals surface area (Å²) in [5, 5.41) is 7.26. The number of nitrogens with zero attached hydrogens (tertiary/aromatic N) is 3. The first kappa shape index (κ1) is 10.4. The van der Waals surface area contributed by atoms with Crippen molar-refractivity contribution in [1.29, 1.82) is 0 Å². The number of benzene rings is 1. The topological polar surface area (TPSA) is 68.2 Å². The first-order valence-corrected chi connectivity index (χ1v) is 4.83. The Balaban J connectivity index is 2.40. The third-order valence-corrected chi connectivity index (χ3v) is 2.12. The van der Waals surface area contributed by atoms with E-state index in [2.05, 4.69) is 10.2 Å². The van der Waals surface area contributed by atoms with E-state index < -0.39 is 0 Å². The summed E-state index contributed by atoms with van der Waals surface area (Å²) < 4.78 is 18.6. The van der Waals surface area contributed by atoms with Crippen LogP contribution in [0.4, 0.5) is 22.1 Å². The average molecular weight is 222 g/mol. The SMILES string of the molecule is CCN(c1nnc(N)o1)c1ccccc1F. The quantitative estimate of drug-likeness (QED) is 0.859. The minimum atomic E-state index is -0.346. The zero-order chi connectivity index (χ0) is 11.5. The fourth-order valence-electron chi connectivity index (χ4n) is 1.41. The van der Waals surface area contributed by atoms with Crippen LogP contribution in [0.2, 0.25) is 0 Å². The van der Waals surface area contributed by atoms with Crippen LogP contribution in [0, 0.1) is 5.82 Å². The molecule has 0 bridgehead atoms. The van der Waals surface area contributed by atoms with Gasteiger partial charge in [-0.3, -0.25) is 4.90 Å². The van der Waals surface area contributed by atoms with Crippen LogP contribution in [-0.2, 0) is 0 Å². The van der Waals surface area contributed by atoms with Crippen molar-refractivity contribution in [2.24, 2.45) is 0 Å². The molecule has 0 fully saturated rings. The highest BCUT2D eigenvalue weighted by atomic mass is 19.1. The summed E-state index contributed by atoms with van der Waals surface area (Å²) in [4.78, 5) is 1.55. The number of hydrogen-bond donors (Lipinski definition) is 1. The molecule has 0 aliphatic heterocycles. The summed E-state index contributed by atoms with van der Waals surface area (Å²) in [5.41, 5.74) is 5.71. The Labute approximate surface area is 91.7 Å². The normalized spacial score (nSPS) is 10.4. The Hall–Kier alpha value is -2.11. The van der Waals surface area contributed by atoms with E-state index in [1.807, 2.05) is 6.92 Å². The van der Waals surface area contributed by atoms with Crippen molar-refractivity contribution in [2.45, 2.75) is 6.92 Å². The molecule has 0 unspecified atom stereocenters. The molecule has 0 radical (unpaired) electrons. The van der Waals surface area contributed by atoms with Crippen LogP contribution in [0.5, 0.6) is 0 Å². The van der Waals surface area contributed by atoms with E-state index in [-0.39, 0.29) is 17.8 Å². The van der Waals surface area contributed by atoms with Crippen molar-refractivity contribution < 1.29 is 8.81 Å². The molecule has 0 aliphatic rings. The zero-order valence-electron chi connectivity index (χ0n) is 8.72. The van der Waals surface area contributed by atoms with Gasteiger partial charge in [-0.1, -0.05) is 22.3 Å². The van der Waals surface area contributed by atoms with Crippen LogP contribution in [0.3, 0.4) is 0 Å². The lowest BCUT2D eigenvalue weighted by molar-refractivity contribution is 0.562. The molecular formula is C10H11FN4O. The lowest BCUT2D eigenvalue weighted by Gasteiger charge is -2.18. The van der Waals surface area contributed by atoms with E-state index in [9.17, 15) is 4.39 Å². The monoisotopic (exact) mass is 222 g/mol. The van der Waals surface area contributed by atoms with Crippen LogP contribution >= 0.6 is 0 Å². The first-order valence-electron chi connectivity index (χ1n) is 4.83. The Morgan fingerprint density at radius 2 is 2.12 bits per heavy atom. The number of hydrogen-bond acceptors (Lipinski definition) is 5. The van der Waals surface area contributed by atoms with E-state index in [1.165, 1.54) is 6.07 Å². The van der Waals surface area contributed by atoms with Crippen LogP contribution < -0.4 is 10.6 Å². The van der Waals surface area contributed by atoms with Gasteiger partial charge in [-0.2, -0.15) is 0 Å². The van der Waals surface area contributed by atoms with Crippen molar-refractivity contribution in [3.63, 3.8) is 0 Å². The second-order valence-electron chi connectivity index (χ2n) is 3.12. The molecular weight excluding hydrogens is 211 g/mol. The third-order valence-electron chi connectivity index (χ3n) is 2.12. The van der Waals surface area contributed by atoms with Crippen LogP contribution in [-0.4, -0.2) is 16.7 Å². The second-order valence-corrected chi connectivity index (χ2v) is 3.12. The van der Waals surface area contributed by atoms with E-state index in [0.29, 0.717) is 12.2 Å². The fourth-order valence-corrected chi connectivity index (χ4v) is 1.41. The van der Waals surface area contributed by atoms with Gasteiger partial charge < -0.3 is 10.2 Å². The molecule has 0 saturated carbocycles. The molecule has 1 aromatic carbocycles. The minimum absolute atomic E-state index is 0.0372. The maximum atomic E-state index is 13.6. The number of para-hydroxylation sites is 1. The van der Waals surface area contributed by atoms with Gasteiger partial charge in [0, 0.05) is 6.54 Å². The smallest absolute Gasteiger partial charge is 0.324 e. The van der Waals surface area contributed by atoms with Gasteiger partial charge in [-0.25, -0.2) is 4.39 Å². The van der Waals surface area contributed by atoms with Gasteiger partial charge in [0.05, 0.1) is 5.69 Å². The van der Waals surface area contributed by atoms with Crippen LogP contribution in [0.25, 0.3) is 0 Å². The predicted octanol–water partition coefficient (Wildman–Crippen LogP) is 1.95. The molecule has 0 amide bonds. The van der Waals surface area contributed by atoms with Gasteiger partial charge in [0.25, 0.3) is 0 Å². The number of nitrogens with two attached hydrogens (primary N) is 1. The van der Waals surface area contributed by atoms with Gasteiger partial charge in [-0.15, -0.1) is 0 Å². The molecule has 2 rings (SSSR count). The van der Waals surface area contributed by atoms with Crippen molar-refractivity contribution in [3.8, 4) is 0 Å². The highest BCUT2D eigenvalue weighted by Crippen LogP contribution is 2.26. The van der Waals surface area contributed by atoms with Crippen molar-refractivity contribution in [3.05, 3.63) is 30.1 Å². The molecule has 16 heavy (non-hydrogen) atoms. The molecule has 2 N–H and O–H groups in total. The summed E-state index contributed by atoms with van der Waals surface area (Å²) in [6.07, 6.45) is 0. The Morgan fingerprint density at radius 1 is 1.38 bits per heavy atom. The lowest BCUT2D eigenvalue weighted by atomic mass is 10.3. The first-order chi connectivity index (χ1) is 7.72. The summed E-state index contributed by atoms with van der Waals surface area (Å²) in [6, 6.07) is 6.52. The number of rotatable bonds is 3. The molecule has 84 valence electrons. The maximum Gasteiger partial charge on any atom is 0.324 e. The molecule has 0 aliphatic carbocycles. The van der Waals surface area contributed by atoms with Gasteiger partial charge in [0.1, 0.15) is 5.82 Å². The maximum absolute atomic E-state index is 13.6. The van der Waals surface area contributed by atoms with Gasteiger partial charge >= 0.3 is 12.0 Å². The molecule has 2 aromatic rings.